The van der Waals surface area contributed by atoms with Gasteiger partial charge >= 0.3 is 0 Å². The van der Waals surface area contributed by atoms with Gasteiger partial charge < -0.3 is 16.0 Å². The molecular weight excluding hydrogens is 320 g/mol. The summed E-state index contributed by atoms with van der Waals surface area (Å²) in [7, 11) is 0. The van der Waals surface area contributed by atoms with Crippen molar-refractivity contribution in [3.8, 4) is 0 Å². The second-order valence-electron chi connectivity index (χ2n) is 5.30. The maximum Gasteiger partial charge on any atom is 0.243 e. The third kappa shape index (κ3) is 5.22. The highest BCUT2D eigenvalue weighted by atomic mass is 35.5. The van der Waals surface area contributed by atoms with E-state index in [1.165, 1.54) is 0 Å². The molecule has 0 bridgehead atoms. The lowest BCUT2D eigenvalue weighted by Gasteiger charge is -2.25. The first-order chi connectivity index (χ1) is 11.0. The summed E-state index contributed by atoms with van der Waals surface area (Å²) in [6, 6.07) is 5.22. The molecule has 0 saturated carbocycles. The lowest BCUT2D eigenvalue weighted by atomic mass is 10.2. The Balaban J connectivity index is 1.76. The standard InChI is InChI=1S/C15H19ClN4O3/c1-10-11(16)3-2-4-12(10)19-13(21)7-18-15(23)9-20-6-5-17-14(22)8-20/h2-4H,5-9H2,1H3,(H,17,22)(H,18,23)(H,19,21). The van der Waals surface area contributed by atoms with Gasteiger partial charge in [-0.2, -0.15) is 0 Å². The first kappa shape index (κ1) is 17.2. The van der Waals surface area contributed by atoms with Crippen LogP contribution in [0.5, 0.6) is 0 Å². The lowest BCUT2D eigenvalue weighted by molar-refractivity contribution is -0.128. The number of benzene rings is 1. The number of rotatable bonds is 5. The van der Waals surface area contributed by atoms with Crippen LogP contribution in [0.2, 0.25) is 5.02 Å². The van der Waals surface area contributed by atoms with E-state index in [9.17, 15) is 14.4 Å². The Morgan fingerprint density at radius 3 is 2.87 bits per heavy atom. The average Bonchev–Trinajstić information content (AvgIpc) is 2.50. The fourth-order valence-electron chi connectivity index (χ4n) is 2.20. The lowest BCUT2D eigenvalue weighted by Crippen LogP contribution is -2.51. The molecule has 1 aromatic rings. The smallest absolute Gasteiger partial charge is 0.243 e. The molecule has 8 heteroatoms. The molecule has 0 aromatic heterocycles. The Bertz CT molecular complexity index is 621. The summed E-state index contributed by atoms with van der Waals surface area (Å²) in [6.07, 6.45) is 0. The number of anilines is 1. The van der Waals surface area contributed by atoms with Crippen LogP contribution in [-0.4, -0.2) is 55.3 Å². The number of nitrogens with zero attached hydrogens (tertiary/aromatic N) is 1. The summed E-state index contributed by atoms with van der Waals surface area (Å²) >= 11 is 5.99. The number of carbonyl (C=O) groups is 3. The number of carbonyl (C=O) groups excluding carboxylic acids is 3. The number of piperazine rings is 1. The van der Waals surface area contributed by atoms with Crippen LogP contribution in [0, 0.1) is 6.92 Å². The van der Waals surface area contributed by atoms with Crippen molar-refractivity contribution in [1.82, 2.24) is 15.5 Å². The third-order valence-corrected chi connectivity index (χ3v) is 3.88. The van der Waals surface area contributed by atoms with E-state index < -0.39 is 0 Å². The zero-order valence-electron chi connectivity index (χ0n) is 12.8. The highest BCUT2D eigenvalue weighted by molar-refractivity contribution is 6.31. The highest BCUT2D eigenvalue weighted by Crippen LogP contribution is 2.22. The van der Waals surface area contributed by atoms with E-state index in [2.05, 4.69) is 16.0 Å². The maximum absolute atomic E-state index is 11.9. The highest BCUT2D eigenvalue weighted by Gasteiger charge is 2.18. The molecule has 1 fully saturated rings. The Morgan fingerprint density at radius 2 is 2.13 bits per heavy atom. The molecule has 1 heterocycles. The molecule has 0 aliphatic carbocycles. The Labute approximate surface area is 139 Å². The van der Waals surface area contributed by atoms with E-state index in [0.717, 1.165) is 5.56 Å². The second kappa shape index (κ2) is 7.94. The van der Waals surface area contributed by atoms with E-state index >= 15 is 0 Å². The van der Waals surface area contributed by atoms with Crippen molar-refractivity contribution in [3.05, 3.63) is 28.8 Å². The molecule has 1 aliphatic heterocycles. The number of hydrogen-bond donors (Lipinski definition) is 3. The summed E-state index contributed by atoms with van der Waals surface area (Å²) in [6.45, 7) is 3.11. The quantitative estimate of drug-likeness (QED) is 0.712. The van der Waals surface area contributed by atoms with E-state index in [4.69, 9.17) is 11.6 Å². The number of amides is 3. The van der Waals surface area contributed by atoms with E-state index in [1.807, 2.05) is 0 Å². The fourth-order valence-corrected chi connectivity index (χ4v) is 2.38. The maximum atomic E-state index is 11.9. The SMILES string of the molecule is Cc1c(Cl)cccc1NC(=O)CNC(=O)CN1CCNC(=O)C1. The topological polar surface area (TPSA) is 90.5 Å². The van der Waals surface area contributed by atoms with Crippen molar-refractivity contribution in [3.63, 3.8) is 0 Å². The molecule has 0 unspecified atom stereocenters. The van der Waals surface area contributed by atoms with Crippen molar-refractivity contribution in [1.29, 1.82) is 0 Å². The van der Waals surface area contributed by atoms with Gasteiger partial charge in [0.05, 0.1) is 19.6 Å². The molecule has 3 amide bonds. The minimum Gasteiger partial charge on any atom is -0.354 e. The van der Waals surface area contributed by atoms with Gasteiger partial charge in [0, 0.05) is 23.8 Å². The van der Waals surface area contributed by atoms with Gasteiger partial charge in [0.15, 0.2) is 0 Å². The molecule has 0 spiro atoms. The van der Waals surface area contributed by atoms with Gasteiger partial charge in [-0.05, 0) is 24.6 Å². The largest absolute Gasteiger partial charge is 0.354 e. The van der Waals surface area contributed by atoms with Gasteiger partial charge in [0.2, 0.25) is 17.7 Å². The van der Waals surface area contributed by atoms with Crippen LogP contribution < -0.4 is 16.0 Å². The van der Waals surface area contributed by atoms with Crippen LogP contribution in [0.15, 0.2) is 18.2 Å². The molecule has 7 nitrogen and oxygen atoms in total. The van der Waals surface area contributed by atoms with Crippen molar-refractivity contribution in [2.75, 3.05) is 38.0 Å². The predicted octanol–water partition coefficient (Wildman–Crippen LogP) is 0.135. The summed E-state index contributed by atoms with van der Waals surface area (Å²) in [5, 5.41) is 8.49. The summed E-state index contributed by atoms with van der Waals surface area (Å²) in [5.74, 6) is -0.726. The number of hydrogen-bond acceptors (Lipinski definition) is 4. The van der Waals surface area contributed by atoms with E-state index in [-0.39, 0.29) is 37.4 Å². The van der Waals surface area contributed by atoms with Gasteiger partial charge in [-0.1, -0.05) is 17.7 Å². The van der Waals surface area contributed by atoms with Gasteiger partial charge in [0.1, 0.15) is 0 Å². The van der Waals surface area contributed by atoms with Crippen LogP contribution in [0.25, 0.3) is 0 Å². The van der Waals surface area contributed by atoms with Crippen LogP contribution >= 0.6 is 11.6 Å². The molecule has 124 valence electrons. The third-order valence-electron chi connectivity index (χ3n) is 3.47. The predicted molar refractivity (Wildman–Crippen MR) is 87.3 cm³/mol. The molecule has 2 rings (SSSR count). The zero-order chi connectivity index (χ0) is 16.8. The van der Waals surface area contributed by atoms with Gasteiger partial charge in [0.25, 0.3) is 0 Å². The molecule has 3 N–H and O–H groups in total. The average molecular weight is 339 g/mol. The Hall–Kier alpha value is -2.12. The summed E-state index contributed by atoms with van der Waals surface area (Å²) in [5.41, 5.74) is 1.39. The van der Waals surface area contributed by atoms with Gasteiger partial charge in [-0.15, -0.1) is 0 Å². The normalized spacial score (nSPS) is 15.0. The molecule has 1 aliphatic rings. The summed E-state index contributed by atoms with van der Waals surface area (Å²) < 4.78 is 0. The fraction of sp³-hybridized carbons (Fsp3) is 0.400. The molecular formula is C15H19ClN4O3. The van der Waals surface area contributed by atoms with Gasteiger partial charge in [-0.3, -0.25) is 19.3 Å². The van der Waals surface area contributed by atoms with Crippen LogP contribution in [-0.2, 0) is 14.4 Å². The van der Waals surface area contributed by atoms with Crippen molar-refractivity contribution >= 4 is 35.0 Å². The summed E-state index contributed by atoms with van der Waals surface area (Å²) in [4.78, 5) is 36.6. The first-order valence-electron chi connectivity index (χ1n) is 7.26. The van der Waals surface area contributed by atoms with Crippen molar-refractivity contribution in [2.45, 2.75) is 6.92 Å². The Kier molecular flexibility index (Phi) is 5.95. The van der Waals surface area contributed by atoms with Crippen LogP contribution in [0.1, 0.15) is 5.56 Å². The van der Waals surface area contributed by atoms with E-state index in [0.29, 0.717) is 23.8 Å². The van der Waals surface area contributed by atoms with Gasteiger partial charge in [-0.25, -0.2) is 0 Å². The first-order valence-corrected chi connectivity index (χ1v) is 7.64. The molecule has 0 atom stereocenters. The monoisotopic (exact) mass is 338 g/mol. The minimum atomic E-state index is -0.333. The zero-order valence-corrected chi connectivity index (χ0v) is 13.6. The molecule has 1 saturated heterocycles. The molecule has 0 radical (unpaired) electrons. The second-order valence-corrected chi connectivity index (χ2v) is 5.71. The number of halogens is 1. The van der Waals surface area contributed by atoms with E-state index in [1.54, 1.807) is 30.0 Å². The van der Waals surface area contributed by atoms with Crippen molar-refractivity contribution in [2.24, 2.45) is 0 Å². The minimum absolute atomic E-state index is 0.0941. The van der Waals surface area contributed by atoms with Crippen LogP contribution in [0.3, 0.4) is 0 Å². The van der Waals surface area contributed by atoms with Crippen LogP contribution in [0.4, 0.5) is 5.69 Å². The Morgan fingerprint density at radius 1 is 1.35 bits per heavy atom. The van der Waals surface area contributed by atoms with Crippen molar-refractivity contribution < 1.29 is 14.4 Å². The molecule has 1 aromatic carbocycles. The number of nitrogens with one attached hydrogen (secondary N) is 3. The molecule has 23 heavy (non-hydrogen) atoms.